The Hall–Kier alpha value is -2.75. The summed E-state index contributed by atoms with van der Waals surface area (Å²) in [5, 5.41) is 0. The van der Waals surface area contributed by atoms with E-state index >= 15 is 0 Å². The van der Waals surface area contributed by atoms with Crippen molar-refractivity contribution in [2.24, 2.45) is 0 Å². The second-order valence-electron chi connectivity index (χ2n) is 6.50. The number of H-pyrrole nitrogens is 1. The first-order chi connectivity index (χ1) is 11.9. The van der Waals surface area contributed by atoms with Crippen LogP contribution in [0.2, 0.25) is 0 Å². The van der Waals surface area contributed by atoms with Gasteiger partial charge in [0.25, 0.3) is 5.56 Å². The van der Waals surface area contributed by atoms with Crippen LogP contribution in [0, 0.1) is 5.82 Å². The Balaban J connectivity index is 2.06. The normalized spacial score (nSPS) is 22.3. The molecule has 0 aliphatic carbocycles. The summed E-state index contributed by atoms with van der Waals surface area (Å²) in [5.41, 5.74) is -4.54. The van der Waals surface area contributed by atoms with E-state index < -0.39 is 46.4 Å². The standard InChI is InChI=1S/C16H19FN2O7/c1-9(20)25-15(2,3)13(22)24-8-16(4)6-5-11(26-16)19-7-10(17)12(21)18-14(19)23/h5-7,11H,8H2,1-4H3,(H,18,21,23)/t11-,16+/m1/s1. The quantitative estimate of drug-likeness (QED) is 0.589. The smallest absolute Gasteiger partial charge is 0.350 e. The Labute approximate surface area is 147 Å². The van der Waals surface area contributed by atoms with E-state index in [0.717, 1.165) is 10.8 Å². The van der Waals surface area contributed by atoms with Crippen LogP contribution in [0.15, 0.2) is 27.9 Å². The molecule has 0 spiro atoms. The van der Waals surface area contributed by atoms with Crippen LogP contribution in [-0.4, -0.2) is 39.3 Å². The lowest BCUT2D eigenvalue weighted by atomic mass is 10.1. The maximum atomic E-state index is 13.4. The second-order valence-corrected chi connectivity index (χ2v) is 6.50. The number of aromatic nitrogens is 2. The van der Waals surface area contributed by atoms with E-state index in [1.54, 1.807) is 13.0 Å². The summed E-state index contributed by atoms with van der Waals surface area (Å²) in [6, 6.07) is 0. The molecule has 9 nitrogen and oxygen atoms in total. The van der Waals surface area contributed by atoms with E-state index in [1.165, 1.54) is 26.8 Å². The van der Waals surface area contributed by atoms with Crippen molar-refractivity contribution < 1.29 is 28.2 Å². The Morgan fingerprint density at radius 2 is 2.08 bits per heavy atom. The van der Waals surface area contributed by atoms with E-state index in [1.807, 2.05) is 4.98 Å². The predicted octanol–water partition coefficient (Wildman–Crippen LogP) is 0.404. The molecule has 0 radical (unpaired) electrons. The van der Waals surface area contributed by atoms with E-state index in [4.69, 9.17) is 14.2 Å². The maximum Gasteiger partial charge on any atom is 0.350 e. The molecule has 0 saturated heterocycles. The number of rotatable bonds is 5. The van der Waals surface area contributed by atoms with Crippen LogP contribution in [0.25, 0.3) is 0 Å². The molecule has 0 saturated carbocycles. The van der Waals surface area contributed by atoms with Crippen molar-refractivity contribution in [2.45, 2.75) is 45.1 Å². The lowest BCUT2D eigenvalue weighted by molar-refractivity contribution is -0.182. The third kappa shape index (κ3) is 4.26. The monoisotopic (exact) mass is 370 g/mol. The van der Waals surface area contributed by atoms with Crippen LogP contribution in [0.4, 0.5) is 4.39 Å². The lowest BCUT2D eigenvalue weighted by Gasteiger charge is -2.27. The molecule has 1 aliphatic heterocycles. The van der Waals surface area contributed by atoms with Gasteiger partial charge in [-0.1, -0.05) is 0 Å². The van der Waals surface area contributed by atoms with Crippen LogP contribution in [-0.2, 0) is 23.8 Å². The number of ether oxygens (including phenoxy) is 3. The van der Waals surface area contributed by atoms with Gasteiger partial charge in [-0.2, -0.15) is 4.39 Å². The Kier molecular flexibility index (Phi) is 5.17. The molecule has 0 fully saturated rings. The summed E-state index contributed by atoms with van der Waals surface area (Å²) >= 11 is 0. The molecule has 0 amide bonds. The van der Waals surface area contributed by atoms with Crippen molar-refractivity contribution in [3.8, 4) is 0 Å². The minimum atomic E-state index is -1.47. The summed E-state index contributed by atoms with van der Waals surface area (Å²) in [5.74, 6) is -2.54. The van der Waals surface area contributed by atoms with Crippen LogP contribution < -0.4 is 11.2 Å². The average Bonchev–Trinajstić information content (AvgIpc) is 2.90. The van der Waals surface area contributed by atoms with Crippen molar-refractivity contribution >= 4 is 11.9 Å². The fourth-order valence-corrected chi connectivity index (χ4v) is 2.31. The Bertz CT molecular complexity index is 870. The molecular weight excluding hydrogens is 351 g/mol. The van der Waals surface area contributed by atoms with Gasteiger partial charge in [-0.15, -0.1) is 0 Å². The van der Waals surface area contributed by atoms with Gasteiger partial charge in [-0.25, -0.2) is 9.59 Å². The average molecular weight is 370 g/mol. The molecule has 2 heterocycles. The number of esters is 2. The van der Waals surface area contributed by atoms with Crippen molar-refractivity contribution in [2.75, 3.05) is 6.61 Å². The van der Waals surface area contributed by atoms with Crippen LogP contribution in [0.1, 0.15) is 33.9 Å². The van der Waals surface area contributed by atoms with Gasteiger partial charge in [-0.05, 0) is 32.9 Å². The Morgan fingerprint density at radius 3 is 2.69 bits per heavy atom. The minimum absolute atomic E-state index is 0.232. The van der Waals surface area contributed by atoms with E-state index in [0.29, 0.717) is 0 Å². The highest BCUT2D eigenvalue weighted by Crippen LogP contribution is 2.29. The number of carbonyl (C=O) groups excluding carboxylic acids is 2. The molecule has 2 rings (SSSR count). The second kappa shape index (κ2) is 6.87. The number of hydrogen-bond donors (Lipinski definition) is 1. The zero-order valence-electron chi connectivity index (χ0n) is 14.7. The number of nitrogens with zero attached hydrogens (tertiary/aromatic N) is 1. The molecule has 1 aliphatic rings. The molecule has 26 heavy (non-hydrogen) atoms. The lowest BCUT2D eigenvalue weighted by Crippen LogP contribution is -2.42. The zero-order valence-corrected chi connectivity index (χ0v) is 14.7. The molecule has 142 valence electrons. The fourth-order valence-electron chi connectivity index (χ4n) is 2.31. The first kappa shape index (κ1) is 19.6. The van der Waals surface area contributed by atoms with Gasteiger partial charge in [0.05, 0.1) is 6.20 Å². The van der Waals surface area contributed by atoms with Gasteiger partial charge in [0, 0.05) is 6.92 Å². The number of nitrogens with one attached hydrogen (secondary N) is 1. The highest BCUT2D eigenvalue weighted by atomic mass is 19.1. The molecule has 0 unspecified atom stereocenters. The van der Waals surface area contributed by atoms with Crippen LogP contribution in [0.3, 0.4) is 0 Å². The highest BCUT2D eigenvalue weighted by molar-refractivity contribution is 5.82. The molecular formula is C16H19FN2O7. The largest absolute Gasteiger partial charge is 0.459 e. The number of carbonyl (C=O) groups is 2. The highest BCUT2D eigenvalue weighted by Gasteiger charge is 2.38. The summed E-state index contributed by atoms with van der Waals surface area (Å²) in [6.45, 7) is 5.29. The first-order valence-electron chi connectivity index (χ1n) is 7.68. The molecule has 0 aromatic carbocycles. The van der Waals surface area contributed by atoms with E-state index in [2.05, 4.69) is 0 Å². The third-order valence-corrected chi connectivity index (χ3v) is 3.58. The van der Waals surface area contributed by atoms with Crippen LogP contribution in [0.5, 0.6) is 0 Å². The SMILES string of the molecule is CC(=O)OC(C)(C)C(=O)OC[C@]1(C)C=C[C@H](n2cc(F)c(=O)[nH]c2=O)O1. The van der Waals surface area contributed by atoms with E-state index in [-0.39, 0.29) is 6.61 Å². The molecule has 1 aromatic heterocycles. The van der Waals surface area contributed by atoms with Gasteiger partial charge < -0.3 is 14.2 Å². The van der Waals surface area contributed by atoms with Gasteiger partial charge in [0.1, 0.15) is 12.2 Å². The molecule has 1 aromatic rings. The molecule has 2 atom stereocenters. The van der Waals surface area contributed by atoms with Crippen LogP contribution >= 0.6 is 0 Å². The summed E-state index contributed by atoms with van der Waals surface area (Å²) in [7, 11) is 0. The number of aromatic amines is 1. The zero-order chi connectivity index (χ0) is 19.7. The summed E-state index contributed by atoms with van der Waals surface area (Å²) in [4.78, 5) is 47.8. The molecule has 1 N–H and O–H groups in total. The van der Waals surface area contributed by atoms with Crippen molar-refractivity contribution in [1.29, 1.82) is 0 Å². The van der Waals surface area contributed by atoms with Gasteiger partial charge in [0.15, 0.2) is 6.23 Å². The van der Waals surface area contributed by atoms with Gasteiger partial charge >= 0.3 is 17.6 Å². The fraction of sp³-hybridized carbons (Fsp3) is 0.500. The topological polar surface area (TPSA) is 117 Å². The van der Waals surface area contributed by atoms with Crippen molar-refractivity contribution in [1.82, 2.24) is 9.55 Å². The minimum Gasteiger partial charge on any atom is -0.459 e. The first-order valence-corrected chi connectivity index (χ1v) is 7.68. The van der Waals surface area contributed by atoms with Gasteiger partial charge in [-0.3, -0.25) is 19.1 Å². The third-order valence-electron chi connectivity index (χ3n) is 3.58. The number of hydrogen-bond acceptors (Lipinski definition) is 7. The molecule has 10 heteroatoms. The van der Waals surface area contributed by atoms with Gasteiger partial charge in [0.2, 0.25) is 11.4 Å². The summed E-state index contributed by atoms with van der Waals surface area (Å²) in [6.07, 6.45) is 2.75. The maximum absolute atomic E-state index is 13.4. The van der Waals surface area contributed by atoms with Crippen molar-refractivity contribution in [3.05, 3.63) is 45.0 Å². The Morgan fingerprint density at radius 1 is 1.42 bits per heavy atom. The van der Waals surface area contributed by atoms with Crippen molar-refractivity contribution in [3.63, 3.8) is 0 Å². The van der Waals surface area contributed by atoms with E-state index in [9.17, 15) is 23.6 Å². The summed E-state index contributed by atoms with van der Waals surface area (Å²) < 4.78 is 29.9. The predicted molar refractivity (Wildman–Crippen MR) is 85.8 cm³/mol. The molecule has 0 bridgehead atoms. The number of halogens is 1.